The van der Waals surface area contributed by atoms with Crippen LogP contribution < -0.4 is 15.2 Å². The van der Waals surface area contributed by atoms with Crippen molar-refractivity contribution in [2.24, 2.45) is 0 Å². The van der Waals surface area contributed by atoms with Crippen LogP contribution in [0.1, 0.15) is 96.8 Å². The van der Waals surface area contributed by atoms with Gasteiger partial charge in [0.05, 0.1) is 26.4 Å². The summed E-state index contributed by atoms with van der Waals surface area (Å²) in [6, 6.07) is 0. The van der Waals surface area contributed by atoms with E-state index in [1.165, 1.54) is 77.0 Å². The molecule has 1 rings (SSSR count). The lowest BCUT2D eigenvalue weighted by atomic mass is 10.0. The maximum Gasteiger partial charge on any atom is 0.353 e. The van der Waals surface area contributed by atoms with Crippen molar-refractivity contribution in [1.29, 1.82) is 0 Å². The third-order valence-electron chi connectivity index (χ3n) is 6.02. The van der Waals surface area contributed by atoms with E-state index in [-0.39, 0.29) is 57.3 Å². The van der Waals surface area contributed by atoms with E-state index in [9.17, 15) is 9.46 Å². The molecule has 1 aromatic rings. The fourth-order valence-electron chi connectivity index (χ4n) is 3.91. The molecule has 1 unspecified atom stereocenters. The van der Waals surface area contributed by atoms with Gasteiger partial charge in [0.1, 0.15) is 24.0 Å². The molecule has 0 saturated heterocycles. The molecule has 0 aliphatic heterocycles. The minimum absolute atomic E-state index is 0.0205. The molecular weight excluding hydrogens is 605 g/mol. The van der Waals surface area contributed by atoms with Gasteiger partial charge < -0.3 is 39.2 Å². The van der Waals surface area contributed by atoms with Gasteiger partial charge in [0.25, 0.3) is 0 Å². The van der Waals surface area contributed by atoms with Gasteiger partial charge in [-0.1, -0.05) is 90.4 Å². The fraction of sp³-hybridized carbons (Fsp3) is 0.852. The molecule has 0 fully saturated rings. The van der Waals surface area contributed by atoms with Gasteiger partial charge in [-0.05, 0) is 22.4 Å². The van der Waals surface area contributed by atoms with Crippen molar-refractivity contribution < 1.29 is 38.0 Å². The summed E-state index contributed by atoms with van der Waals surface area (Å²) < 4.78 is 38.9. The number of ether oxygens (including phenoxy) is 4. The summed E-state index contributed by atoms with van der Waals surface area (Å²) in [4.78, 5) is 17.8. The number of hydrogen-bond donors (Lipinski definition) is 3. The van der Waals surface area contributed by atoms with Crippen molar-refractivity contribution in [1.82, 2.24) is 9.97 Å². The first-order valence-electron chi connectivity index (χ1n) is 14.7. The minimum Gasteiger partial charge on any atom is -0.474 e. The molecule has 0 spiro atoms. The van der Waals surface area contributed by atoms with Crippen molar-refractivity contribution in [3.8, 4) is 11.8 Å². The number of aromatic nitrogens is 2. The Kier molecular flexibility index (Phi) is 22.7. The number of nitrogens with zero attached hydrogens (tertiary/aromatic N) is 2. The highest BCUT2D eigenvalue weighted by molar-refractivity contribution is 9.10. The third-order valence-corrected chi connectivity index (χ3v) is 7.79. The molecule has 0 saturated carbocycles. The number of nitrogen functional groups attached to an aromatic ring is 1. The summed E-state index contributed by atoms with van der Waals surface area (Å²) in [5, 5.41) is 8.88. The van der Waals surface area contributed by atoms with Crippen molar-refractivity contribution in [3.63, 3.8) is 0 Å². The van der Waals surface area contributed by atoms with Gasteiger partial charge >= 0.3 is 7.60 Å². The smallest absolute Gasteiger partial charge is 0.353 e. The van der Waals surface area contributed by atoms with Crippen LogP contribution in [-0.4, -0.2) is 72.6 Å². The summed E-state index contributed by atoms with van der Waals surface area (Å²) in [6.45, 7) is 3.08. The van der Waals surface area contributed by atoms with E-state index in [1.54, 1.807) is 0 Å². The number of anilines is 1. The second-order valence-corrected chi connectivity index (χ2v) is 12.2. The van der Waals surface area contributed by atoms with Gasteiger partial charge in [0.15, 0.2) is 0 Å². The first kappa shape index (κ1) is 37.0. The highest BCUT2D eigenvalue weighted by atomic mass is 79.9. The molecule has 1 atom stereocenters. The number of rotatable bonds is 28. The summed E-state index contributed by atoms with van der Waals surface area (Å²) in [7, 11) is -3.89. The van der Waals surface area contributed by atoms with Crippen LogP contribution in [0.2, 0.25) is 0 Å². The number of aliphatic hydroxyl groups excluding tert-OH is 1. The van der Waals surface area contributed by atoms with Crippen LogP contribution in [0, 0.1) is 0 Å². The third kappa shape index (κ3) is 20.0. The molecule has 0 radical (unpaired) electrons. The standard InChI is InChI=1S/C27H51BrN3O8P/c1-2-3-4-5-6-7-8-9-10-11-12-13-14-15-17-35-20-22-39-40(33,34)23-36-19-21-38-26-24(28)25(37-18-16-32)30-27(29)31-26/h32H,2-23H2,1H3,(H,33,34)(H2,29,30,31). The van der Waals surface area contributed by atoms with Crippen LogP contribution in [0.4, 0.5) is 5.95 Å². The summed E-state index contributed by atoms with van der Waals surface area (Å²) in [6.07, 6.45) is 17.9. The lowest BCUT2D eigenvalue weighted by Crippen LogP contribution is -2.12. The van der Waals surface area contributed by atoms with E-state index in [2.05, 4.69) is 32.8 Å². The fourth-order valence-corrected chi connectivity index (χ4v) is 5.11. The lowest BCUT2D eigenvalue weighted by molar-refractivity contribution is 0.0802. The van der Waals surface area contributed by atoms with Crippen LogP contribution in [-0.2, 0) is 18.6 Å². The molecule has 1 aromatic heterocycles. The number of nitrogens with two attached hydrogens (primary N) is 1. The molecule has 0 aliphatic rings. The van der Waals surface area contributed by atoms with Crippen molar-refractivity contribution in [2.45, 2.75) is 96.8 Å². The Labute approximate surface area is 248 Å². The van der Waals surface area contributed by atoms with Gasteiger partial charge in [0, 0.05) is 6.61 Å². The van der Waals surface area contributed by atoms with E-state index in [4.69, 9.17) is 34.3 Å². The van der Waals surface area contributed by atoms with Crippen LogP contribution in [0.3, 0.4) is 0 Å². The molecule has 0 bridgehead atoms. The zero-order valence-electron chi connectivity index (χ0n) is 24.2. The Balaban J connectivity index is 1.96. The van der Waals surface area contributed by atoms with Gasteiger partial charge in [-0.15, -0.1) is 0 Å². The number of hydrogen-bond acceptors (Lipinski definition) is 10. The van der Waals surface area contributed by atoms with Crippen molar-refractivity contribution >= 4 is 29.5 Å². The predicted octanol–water partition coefficient (Wildman–Crippen LogP) is 6.25. The zero-order valence-corrected chi connectivity index (χ0v) is 26.7. The average molecular weight is 657 g/mol. The van der Waals surface area contributed by atoms with E-state index >= 15 is 0 Å². The summed E-state index contributed by atoms with van der Waals surface area (Å²) in [5.41, 5.74) is 5.63. The maximum absolute atomic E-state index is 12.1. The van der Waals surface area contributed by atoms with E-state index in [0.29, 0.717) is 11.1 Å². The molecule has 0 aromatic carbocycles. The second kappa shape index (κ2) is 24.6. The Morgan fingerprint density at radius 3 is 1.77 bits per heavy atom. The van der Waals surface area contributed by atoms with Crippen LogP contribution in [0.25, 0.3) is 0 Å². The quantitative estimate of drug-likeness (QED) is 0.0693. The number of halogens is 1. The monoisotopic (exact) mass is 655 g/mol. The Morgan fingerprint density at radius 2 is 1.23 bits per heavy atom. The van der Waals surface area contributed by atoms with Gasteiger partial charge in [-0.2, -0.15) is 9.97 Å². The zero-order chi connectivity index (χ0) is 29.3. The maximum atomic E-state index is 12.1. The molecule has 0 amide bonds. The van der Waals surface area contributed by atoms with E-state index in [0.717, 1.165) is 12.8 Å². The number of unbranched alkanes of at least 4 members (excludes halogenated alkanes) is 13. The largest absolute Gasteiger partial charge is 0.474 e. The minimum atomic E-state index is -3.89. The average Bonchev–Trinajstić information content (AvgIpc) is 2.92. The normalized spacial score (nSPS) is 12.9. The highest BCUT2D eigenvalue weighted by Gasteiger charge is 2.20. The highest BCUT2D eigenvalue weighted by Crippen LogP contribution is 2.41. The number of aliphatic hydroxyl groups is 1. The van der Waals surface area contributed by atoms with Gasteiger partial charge in [-0.25, -0.2) is 0 Å². The molecule has 40 heavy (non-hydrogen) atoms. The first-order chi connectivity index (χ1) is 19.4. The molecule has 0 aliphatic carbocycles. The molecule has 1 heterocycles. The van der Waals surface area contributed by atoms with Gasteiger partial charge in [0.2, 0.25) is 17.7 Å². The summed E-state index contributed by atoms with van der Waals surface area (Å²) in [5.74, 6) is 0.201. The van der Waals surface area contributed by atoms with Crippen LogP contribution in [0.5, 0.6) is 11.8 Å². The van der Waals surface area contributed by atoms with Crippen LogP contribution >= 0.6 is 23.5 Å². The first-order valence-corrected chi connectivity index (χ1v) is 17.3. The molecule has 11 nitrogen and oxygen atoms in total. The van der Waals surface area contributed by atoms with Crippen molar-refractivity contribution in [2.75, 3.05) is 58.3 Å². The molecule has 4 N–H and O–H groups in total. The van der Waals surface area contributed by atoms with E-state index in [1.807, 2.05) is 0 Å². The second-order valence-electron chi connectivity index (χ2n) is 9.64. The van der Waals surface area contributed by atoms with Gasteiger partial charge in [-0.3, -0.25) is 4.57 Å². The topological polar surface area (TPSA) is 155 Å². The lowest BCUT2D eigenvalue weighted by Gasteiger charge is -2.14. The Hall–Kier alpha value is -1.01. The molecule has 13 heteroatoms. The SMILES string of the molecule is CCCCCCCCCCCCCCCCOCCOP(=O)(O)COCCOc1nc(N)nc(OCCO)c1Br. The molecule has 234 valence electrons. The van der Waals surface area contributed by atoms with Crippen LogP contribution in [0.15, 0.2) is 4.47 Å². The predicted molar refractivity (Wildman–Crippen MR) is 160 cm³/mol. The molecular formula is C27H51BrN3O8P. The Morgan fingerprint density at radius 1 is 0.725 bits per heavy atom. The van der Waals surface area contributed by atoms with Crippen molar-refractivity contribution in [3.05, 3.63) is 4.47 Å². The summed E-state index contributed by atoms with van der Waals surface area (Å²) >= 11 is 3.26. The Bertz CT molecular complexity index is 809. The van der Waals surface area contributed by atoms with E-state index < -0.39 is 13.9 Å².